The van der Waals surface area contributed by atoms with Crippen LogP contribution >= 0.6 is 27.7 Å². The van der Waals surface area contributed by atoms with E-state index in [0.717, 1.165) is 21.1 Å². The van der Waals surface area contributed by atoms with Crippen LogP contribution in [0.4, 0.5) is 4.79 Å². The van der Waals surface area contributed by atoms with Crippen molar-refractivity contribution in [1.29, 1.82) is 0 Å². The Morgan fingerprint density at radius 1 is 1.10 bits per heavy atom. The minimum atomic E-state index is -0.539. The number of carbonyl (C=O) groups is 4. The highest BCUT2D eigenvalue weighted by Crippen LogP contribution is 2.35. The fraction of sp³-hybridized carbons (Fsp3) is 0.182. The van der Waals surface area contributed by atoms with Gasteiger partial charge in [0.05, 0.1) is 18.1 Å². The predicted octanol–water partition coefficient (Wildman–Crippen LogP) is 4.69. The van der Waals surface area contributed by atoms with Crippen LogP contribution in [0.1, 0.15) is 29.8 Å². The van der Waals surface area contributed by atoms with E-state index in [1.54, 1.807) is 49.4 Å². The van der Waals surface area contributed by atoms with Gasteiger partial charge in [0.15, 0.2) is 17.3 Å². The average molecular weight is 504 g/mol. The van der Waals surface area contributed by atoms with Crippen LogP contribution in [0.3, 0.4) is 0 Å². The highest BCUT2D eigenvalue weighted by Gasteiger charge is 2.36. The molecule has 0 aliphatic carbocycles. The summed E-state index contributed by atoms with van der Waals surface area (Å²) in [4.78, 5) is 49.9. The fourth-order valence-electron chi connectivity index (χ4n) is 2.78. The lowest BCUT2D eigenvalue weighted by Gasteiger charge is -2.11. The Labute approximate surface area is 191 Å². The van der Waals surface area contributed by atoms with Crippen molar-refractivity contribution < 1.29 is 28.7 Å². The second-order valence-electron chi connectivity index (χ2n) is 6.43. The van der Waals surface area contributed by atoms with Gasteiger partial charge in [0.25, 0.3) is 11.1 Å². The lowest BCUT2D eigenvalue weighted by Crippen LogP contribution is -2.33. The van der Waals surface area contributed by atoms with E-state index in [4.69, 9.17) is 9.47 Å². The van der Waals surface area contributed by atoms with E-state index >= 15 is 0 Å². The van der Waals surface area contributed by atoms with Gasteiger partial charge in [-0.3, -0.25) is 24.1 Å². The van der Waals surface area contributed by atoms with Crippen LogP contribution < -0.4 is 9.47 Å². The van der Waals surface area contributed by atoms with Crippen LogP contribution in [0.25, 0.3) is 6.08 Å². The van der Waals surface area contributed by atoms with Crippen molar-refractivity contribution in [1.82, 2.24) is 4.90 Å². The number of benzene rings is 2. The summed E-state index contributed by atoms with van der Waals surface area (Å²) in [5.41, 5.74) is 0.998. The van der Waals surface area contributed by atoms with E-state index in [-0.39, 0.29) is 23.0 Å². The zero-order valence-corrected chi connectivity index (χ0v) is 19.1. The van der Waals surface area contributed by atoms with Gasteiger partial charge in [0.1, 0.15) is 0 Å². The van der Waals surface area contributed by atoms with Gasteiger partial charge >= 0.3 is 5.97 Å². The molecule has 0 saturated carbocycles. The molecule has 0 bridgehead atoms. The van der Waals surface area contributed by atoms with E-state index in [1.165, 1.54) is 13.0 Å². The summed E-state index contributed by atoms with van der Waals surface area (Å²) in [7, 11) is 0. The molecule has 160 valence electrons. The Balaban J connectivity index is 1.79. The molecule has 1 saturated heterocycles. The molecule has 1 aliphatic heterocycles. The standard InChI is InChI=1S/C22H18BrNO6S/c1-3-29-19-10-14(4-9-18(19)30-13(2)25)11-20-21(27)24(22(28)31-20)12-17(26)15-5-7-16(23)8-6-15/h4-11H,3,12H2,1-2H3/b20-11+. The van der Waals surface area contributed by atoms with Crippen LogP contribution in [0.2, 0.25) is 0 Å². The molecule has 2 amide bonds. The normalized spacial score (nSPS) is 14.8. The summed E-state index contributed by atoms with van der Waals surface area (Å²) in [6.07, 6.45) is 1.54. The Bertz CT molecular complexity index is 1080. The highest BCUT2D eigenvalue weighted by atomic mass is 79.9. The first-order chi connectivity index (χ1) is 14.8. The molecule has 0 unspecified atom stereocenters. The molecule has 0 atom stereocenters. The number of carbonyl (C=O) groups excluding carboxylic acids is 4. The fourth-order valence-corrected chi connectivity index (χ4v) is 3.88. The lowest BCUT2D eigenvalue weighted by molar-refractivity contribution is -0.132. The van der Waals surface area contributed by atoms with E-state index in [0.29, 0.717) is 23.5 Å². The third-order valence-corrected chi connectivity index (χ3v) is 5.60. The van der Waals surface area contributed by atoms with E-state index in [9.17, 15) is 19.2 Å². The van der Waals surface area contributed by atoms with Gasteiger partial charge in [-0.05, 0) is 54.6 Å². The molecule has 0 spiro atoms. The Morgan fingerprint density at radius 2 is 1.81 bits per heavy atom. The lowest BCUT2D eigenvalue weighted by atomic mass is 10.1. The van der Waals surface area contributed by atoms with E-state index in [2.05, 4.69) is 15.9 Å². The molecule has 0 radical (unpaired) electrons. The molecule has 31 heavy (non-hydrogen) atoms. The van der Waals surface area contributed by atoms with Crippen LogP contribution in [0.15, 0.2) is 51.8 Å². The summed E-state index contributed by atoms with van der Waals surface area (Å²) in [5, 5.41) is -0.511. The molecule has 2 aromatic rings. The molecule has 2 aromatic carbocycles. The maximum Gasteiger partial charge on any atom is 0.308 e. The van der Waals surface area contributed by atoms with Crippen molar-refractivity contribution in [2.75, 3.05) is 13.2 Å². The monoisotopic (exact) mass is 503 g/mol. The Hall–Kier alpha value is -2.91. The van der Waals surface area contributed by atoms with Gasteiger partial charge in [-0.2, -0.15) is 0 Å². The number of esters is 1. The van der Waals surface area contributed by atoms with Crippen LogP contribution in [0.5, 0.6) is 11.5 Å². The van der Waals surface area contributed by atoms with Gasteiger partial charge in [-0.15, -0.1) is 0 Å². The molecule has 7 nitrogen and oxygen atoms in total. The van der Waals surface area contributed by atoms with Gasteiger partial charge in [0.2, 0.25) is 0 Å². The maximum atomic E-state index is 12.7. The highest BCUT2D eigenvalue weighted by molar-refractivity contribution is 9.10. The topological polar surface area (TPSA) is 90.0 Å². The summed E-state index contributed by atoms with van der Waals surface area (Å²) in [6, 6.07) is 11.5. The van der Waals surface area contributed by atoms with E-state index < -0.39 is 17.1 Å². The summed E-state index contributed by atoms with van der Waals surface area (Å²) >= 11 is 4.06. The second kappa shape index (κ2) is 9.93. The predicted molar refractivity (Wildman–Crippen MR) is 120 cm³/mol. The first kappa shape index (κ1) is 22.8. The number of imide groups is 1. The minimum absolute atomic E-state index is 0.191. The molecule has 3 rings (SSSR count). The number of ketones is 1. The van der Waals surface area contributed by atoms with Crippen LogP contribution in [0, 0.1) is 0 Å². The third kappa shape index (κ3) is 5.62. The van der Waals surface area contributed by atoms with Crippen LogP contribution in [-0.2, 0) is 9.59 Å². The number of hydrogen-bond acceptors (Lipinski definition) is 7. The Morgan fingerprint density at radius 3 is 2.45 bits per heavy atom. The molecule has 9 heteroatoms. The number of rotatable bonds is 7. The van der Waals surface area contributed by atoms with Gasteiger partial charge in [-0.25, -0.2) is 0 Å². The zero-order valence-electron chi connectivity index (χ0n) is 16.7. The maximum absolute atomic E-state index is 12.7. The molecule has 0 aromatic heterocycles. The molecule has 1 fully saturated rings. The smallest absolute Gasteiger partial charge is 0.308 e. The molecule has 1 aliphatic rings. The SMILES string of the molecule is CCOc1cc(/C=C2/SC(=O)N(CC(=O)c3ccc(Br)cc3)C2=O)ccc1OC(C)=O. The number of halogens is 1. The Kier molecular flexibility index (Phi) is 7.29. The number of thioether (sulfide) groups is 1. The number of hydrogen-bond donors (Lipinski definition) is 0. The van der Waals surface area contributed by atoms with Crippen molar-refractivity contribution in [3.63, 3.8) is 0 Å². The zero-order chi connectivity index (χ0) is 22.5. The number of Topliss-reactive ketones (excluding diaryl/α,β-unsaturated/α-hetero) is 1. The minimum Gasteiger partial charge on any atom is -0.490 e. The van der Waals surface area contributed by atoms with Gasteiger partial charge in [0, 0.05) is 17.0 Å². The summed E-state index contributed by atoms with van der Waals surface area (Å²) in [5.74, 6) is -0.746. The summed E-state index contributed by atoms with van der Waals surface area (Å²) < 4.78 is 11.4. The molecule has 1 heterocycles. The quantitative estimate of drug-likeness (QED) is 0.234. The molecule has 0 N–H and O–H groups in total. The van der Waals surface area contributed by atoms with Crippen molar-refractivity contribution in [3.8, 4) is 11.5 Å². The van der Waals surface area contributed by atoms with E-state index in [1.807, 2.05) is 0 Å². The van der Waals surface area contributed by atoms with Crippen molar-refractivity contribution >= 4 is 56.7 Å². The number of ether oxygens (including phenoxy) is 2. The third-order valence-electron chi connectivity index (χ3n) is 4.16. The second-order valence-corrected chi connectivity index (χ2v) is 8.34. The summed E-state index contributed by atoms with van der Waals surface area (Å²) in [6.45, 7) is 3.10. The van der Waals surface area contributed by atoms with Gasteiger partial charge < -0.3 is 9.47 Å². The first-order valence-corrected chi connectivity index (χ1v) is 10.9. The molecular weight excluding hydrogens is 486 g/mol. The number of amides is 2. The molecular formula is C22H18BrNO6S. The van der Waals surface area contributed by atoms with Crippen molar-refractivity contribution in [2.45, 2.75) is 13.8 Å². The largest absolute Gasteiger partial charge is 0.490 e. The van der Waals surface area contributed by atoms with Crippen molar-refractivity contribution in [3.05, 3.63) is 63.0 Å². The number of nitrogens with zero attached hydrogens (tertiary/aromatic N) is 1. The van der Waals surface area contributed by atoms with Crippen molar-refractivity contribution in [2.24, 2.45) is 0 Å². The van der Waals surface area contributed by atoms with Crippen LogP contribution in [-0.4, -0.2) is 41.0 Å². The first-order valence-electron chi connectivity index (χ1n) is 9.28. The average Bonchev–Trinajstić information content (AvgIpc) is 2.97. The van der Waals surface area contributed by atoms with Gasteiger partial charge in [-0.1, -0.05) is 34.1 Å².